The second kappa shape index (κ2) is 9.19. The first-order valence-electron chi connectivity index (χ1n) is 9.53. The van der Waals surface area contributed by atoms with Gasteiger partial charge in [0.15, 0.2) is 0 Å². The zero-order valence-electron chi connectivity index (χ0n) is 16.6. The van der Waals surface area contributed by atoms with E-state index < -0.39 is 10.0 Å². The van der Waals surface area contributed by atoms with Gasteiger partial charge in [-0.2, -0.15) is 0 Å². The van der Waals surface area contributed by atoms with Crippen molar-refractivity contribution in [1.82, 2.24) is 14.9 Å². The van der Waals surface area contributed by atoms with Crippen LogP contribution in [0.4, 0.5) is 0 Å². The SMILES string of the molecule is Cc1ccc(S(=O)(=O)NCCNC(=O)c2ccc(CN3C(=O)CCC3=O)cc2)cc1. The molecule has 0 atom stereocenters. The Morgan fingerprint density at radius 3 is 2.13 bits per heavy atom. The van der Waals surface area contributed by atoms with E-state index in [-0.39, 0.29) is 55.1 Å². The number of hydrogen-bond donors (Lipinski definition) is 2. The number of rotatable bonds is 8. The predicted octanol–water partition coefficient (Wildman–Crippen LogP) is 1.35. The van der Waals surface area contributed by atoms with Crippen LogP contribution < -0.4 is 10.0 Å². The first kappa shape index (κ1) is 21.7. The highest BCUT2D eigenvalue weighted by Crippen LogP contribution is 2.16. The summed E-state index contributed by atoms with van der Waals surface area (Å²) < 4.78 is 26.9. The Morgan fingerprint density at radius 1 is 0.933 bits per heavy atom. The molecule has 0 unspecified atom stereocenters. The van der Waals surface area contributed by atoms with Gasteiger partial charge in [0.05, 0.1) is 11.4 Å². The van der Waals surface area contributed by atoms with E-state index in [1.807, 2.05) is 6.92 Å². The van der Waals surface area contributed by atoms with Crippen LogP contribution in [0.2, 0.25) is 0 Å². The average molecular weight is 429 g/mol. The Labute approximate surface area is 175 Å². The zero-order valence-corrected chi connectivity index (χ0v) is 17.4. The highest BCUT2D eigenvalue weighted by Gasteiger charge is 2.28. The number of nitrogens with one attached hydrogen (secondary N) is 2. The molecular formula is C21H23N3O5S. The Hall–Kier alpha value is -3.04. The van der Waals surface area contributed by atoms with Crippen LogP contribution in [-0.2, 0) is 26.2 Å². The molecule has 0 aromatic heterocycles. The monoisotopic (exact) mass is 429 g/mol. The molecule has 8 nitrogen and oxygen atoms in total. The van der Waals surface area contributed by atoms with Crippen LogP contribution in [0.15, 0.2) is 53.4 Å². The second-order valence-electron chi connectivity index (χ2n) is 7.04. The molecule has 1 aliphatic rings. The fourth-order valence-corrected chi connectivity index (χ4v) is 4.04. The third-order valence-electron chi connectivity index (χ3n) is 4.75. The van der Waals surface area contributed by atoms with Gasteiger partial charge < -0.3 is 5.32 Å². The number of benzene rings is 2. The molecule has 0 spiro atoms. The van der Waals surface area contributed by atoms with E-state index in [1.54, 1.807) is 36.4 Å². The molecule has 3 rings (SSSR count). The van der Waals surface area contributed by atoms with Crippen LogP contribution in [0.1, 0.15) is 34.3 Å². The lowest BCUT2D eigenvalue weighted by Crippen LogP contribution is -2.34. The largest absolute Gasteiger partial charge is 0.351 e. The smallest absolute Gasteiger partial charge is 0.251 e. The van der Waals surface area contributed by atoms with Gasteiger partial charge in [-0.1, -0.05) is 29.8 Å². The molecule has 1 fully saturated rings. The molecule has 1 saturated heterocycles. The van der Waals surface area contributed by atoms with E-state index in [9.17, 15) is 22.8 Å². The first-order valence-corrected chi connectivity index (χ1v) is 11.0. The number of aryl methyl sites for hydroxylation is 1. The van der Waals surface area contributed by atoms with Gasteiger partial charge in [0, 0.05) is 31.5 Å². The van der Waals surface area contributed by atoms with Crippen LogP contribution >= 0.6 is 0 Å². The molecule has 0 saturated carbocycles. The minimum Gasteiger partial charge on any atom is -0.351 e. The summed E-state index contributed by atoms with van der Waals surface area (Å²) in [7, 11) is -3.63. The molecule has 0 aliphatic carbocycles. The molecule has 1 heterocycles. The van der Waals surface area contributed by atoms with Gasteiger partial charge >= 0.3 is 0 Å². The third kappa shape index (κ3) is 5.31. The van der Waals surface area contributed by atoms with Crippen LogP contribution in [0.5, 0.6) is 0 Å². The van der Waals surface area contributed by atoms with E-state index in [2.05, 4.69) is 10.0 Å². The summed E-state index contributed by atoms with van der Waals surface area (Å²) in [5.41, 5.74) is 2.12. The van der Waals surface area contributed by atoms with Crippen molar-refractivity contribution in [1.29, 1.82) is 0 Å². The Bertz CT molecular complexity index is 1030. The highest BCUT2D eigenvalue weighted by molar-refractivity contribution is 7.89. The van der Waals surface area contributed by atoms with Crippen molar-refractivity contribution < 1.29 is 22.8 Å². The number of hydrogen-bond acceptors (Lipinski definition) is 5. The van der Waals surface area contributed by atoms with E-state index in [0.717, 1.165) is 11.1 Å². The lowest BCUT2D eigenvalue weighted by molar-refractivity contribution is -0.139. The molecule has 0 radical (unpaired) electrons. The van der Waals surface area contributed by atoms with Gasteiger partial charge in [0.25, 0.3) is 5.91 Å². The van der Waals surface area contributed by atoms with Crippen LogP contribution in [-0.4, -0.2) is 44.1 Å². The van der Waals surface area contributed by atoms with Crippen molar-refractivity contribution in [2.45, 2.75) is 31.2 Å². The summed E-state index contributed by atoms with van der Waals surface area (Å²) >= 11 is 0. The summed E-state index contributed by atoms with van der Waals surface area (Å²) in [5.74, 6) is -0.714. The van der Waals surface area contributed by atoms with Crippen molar-refractivity contribution in [3.63, 3.8) is 0 Å². The molecule has 0 bridgehead atoms. The Balaban J connectivity index is 1.47. The number of nitrogens with zero attached hydrogens (tertiary/aromatic N) is 1. The topological polar surface area (TPSA) is 113 Å². The summed E-state index contributed by atoms with van der Waals surface area (Å²) in [5, 5.41) is 2.65. The Morgan fingerprint density at radius 2 is 1.53 bits per heavy atom. The Kier molecular flexibility index (Phi) is 6.63. The van der Waals surface area contributed by atoms with Crippen molar-refractivity contribution in [3.8, 4) is 0 Å². The fourth-order valence-electron chi connectivity index (χ4n) is 3.01. The summed E-state index contributed by atoms with van der Waals surface area (Å²) in [6.07, 6.45) is 0.486. The number of sulfonamides is 1. The van der Waals surface area contributed by atoms with Gasteiger partial charge in [-0.25, -0.2) is 13.1 Å². The van der Waals surface area contributed by atoms with Crippen molar-refractivity contribution in [2.75, 3.05) is 13.1 Å². The van der Waals surface area contributed by atoms with Crippen molar-refractivity contribution >= 4 is 27.7 Å². The fraction of sp³-hybridized carbons (Fsp3) is 0.286. The molecule has 3 amide bonds. The minimum atomic E-state index is -3.63. The lowest BCUT2D eigenvalue weighted by Gasteiger charge is -2.14. The molecule has 158 valence electrons. The standard InChI is InChI=1S/C21H23N3O5S/c1-15-2-8-18(9-3-15)30(28,29)23-13-12-22-21(27)17-6-4-16(5-7-17)14-24-19(25)10-11-20(24)26/h2-9,23H,10-14H2,1H3,(H,22,27). The number of amides is 3. The van der Waals surface area contributed by atoms with Crippen LogP contribution in [0.25, 0.3) is 0 Å². The van der Waals surface area contributed by atoms with E-state index in [0.29, 0.717) is 5.56 Å². The quantitative estimate of drug-likeness (QED) is 0.486. The summed E-state index contributed by atoms with van der Waals surface area (Å²) in [4.78, 5) is 37.0. The van der Waals surface area contributed by atoms with E-state index in [1.165, 1.54) is 17.0 Å². The maximum Gasteiger partial charge on any atom is 0.251 e. The molecule has 2 aromatic rings. The van der Waals surface area contributed by atoms with Gasteiger partial charge in [-0.05, 0) is 36.8 Å². The van der Waals surface area contributed by atoms with E-state index >= 15 is 0 Å². The van der Waals surface area contributed by atoms with E-state index in [4.69, 9.17) is 0 Å². The predicted molar refractivity (Wildman–Crippen MR) is 110 cm³/mol. The maximum atomic E-state index is 12.2. The summed E-state index contributed by atoms with van der Waals surface area (Å²) in [6, 6.07) is 13.1. The number of likely N-dealkylation sites (tertiary alicyclic amines) is 1. The number of carbonyl (C=O) groups excluding carboxylic acids is 3. The first-order chi connectivity index (χ1) is 14.3. The lowest BCUT2D eigenvalue weighted by atomic mass is 10.1. The molecule has 2 N–H and O–H groups in total. The molecular weight excluding hydrogens is 406 g/mol. The molecule has 30 heavy (non-hydrogen) atoms. The van der Waals surface area contributed by atoms with Crippen LogP contribution in [0.3, 0.4) is 0 Å². The van der Waals surface area contributed by atoms with Crippen molar-refractivity contribution in [2.24, 2.45) is 0 Å². The van der Waals surface area contributed by atoms with Crippen LogP contribution in [0, 0.1) is 6.92 Å². The third-order valence-corrected chi connectivity index (χ3v) is 6.22. The number of imide groups is 1. The molecule has 2 aromatic carbocycles. The minimum absolute atomic E-state index is 0.0548. The van der Waals surface area contributed by atoms with Crippen molar-refractivity contribution in [3.05, 3.63) is 65.2 Å². The summed E-state index contributed by atoms with van der Waals surface area (Å²) in [6.45, 7) is 2.25. The zero-order chi connectivity index (χ0) is 21.7. The number of carbonyl (C=O) groups is 3. The highest BCUT2D eigenvalue weighted by atomic mass is 32.2. The second-order valence-corrected chi connectivity index (χ2v) is 8.80. The normalized spacial score (nSPS) is 14.2. The maximum absolute atomic E-state index is 12.2. The average Bonchev–Trinajstić information content (AvgIpc) is 3.04. The molecule has 9 heteroatoms. The van der Waals surface area contributed by atoms with Gasteiger partial charge in [0.2, 0.25) is 21.8 Å². The molecule has 1 aliphatic heterocycles. The van der Waals surface area contributed by atoms with Gasteiger partial charge in [-0.3, -0.25) is 19.3 Å². The van der Waals surface area contributed by atoms with Gasteiger partial charge in [0.1, 0.15) is 0 Å². The van der Waals surface area contributed by atoms with Gasteiger partial charge in [-0.15, -0.1) is 0 Å².